The van der Waals surface area contributed by atoms with E-state index in [9.17, 15) is 9.59 Å². The van der Waals surface area contributed by atoms with Gasteiger partial charge in [-0.1, -0.05) is 6.07 Å². The number of hydrogen-bond acceptors (Lipinski definition) is 4. The van der Waals surface area contributed by atoms with Crippen LogP contribution in [0.4, 0.5) is 11.4 Å². The third-order valence-corrected chi connectivity index (χ3v) is 4.03. The summed E-state index contributed by atoms with van der Waals surface area (Å²) in [7, 11) is 0. The highest BCUT2D eigenvalue weighted by Crippen LogP contribution is 2.16. The van der Waals surface area contributed by atoms with Crippen molar-refractivity contribution >= 4 is 35.0 Å². The molecule has 0 aliphatic carbocycles. The van der Waals surface area contributed by atoms with Crippen molar-refractivity contribution in [2.24, 2.45) is 0 Å². The fourth-order valence-corrected chi connectivity index (χ4v) is 3.01. The molecule has 0 spiro atoms. The molecule has 1 atom stereocenters. The Kier molecular flexibility index (Phi) is 5.43. The number of amides is 2. The van der Waals surface area contributed by atoms with Gasteiger partial charge >= 0.3 is 0 Å². The van der Waals surface area contributed by atoms with Crippen molar-refractivity contribution < 1.29 is 9.59 Å². The van der Waals surface area contributed by atoms with Crippen LogP contribution in [-0.4, -0.2) is 35.9 Å². The molecule has 0 bridgehead atoms. The van der Waals surface area contributed by atoms with E-state index < -0.39 is 0 Å². The number of rotatable bonds is 4. The molecule has 20 heavy (non-hydrogen) atoms. The van der Waals surface area contributed by atoms with Crippen molar-refractivity contribution in [3.8, 4) is 0 Å². The zero-order valence-corrected chi connectivity index (χ0v) is 12.3. The third kappa shape index (κ3) is 4.86. The van der Waals surface area contributed by atoms with Crippen molar-refractivity contribution in [1.29, 1.82) is 0 Å². The average molecular weight is 293 g/mol. The average Bonchev–Trinajstić information content (AvgIpc) is 2.39. The van der Waals surface area contributed by atoms with E-state index in [4.69, 9.17) is 0 Å². The lowest BCUT2D eigenvalue weighted by Gasteiger charge is -2.22. The van der Waals surface area contributed by atoms with E-state index in [1.54, 1.807) is 18.2 Å². The minimum Gasteiger partial charge on any atom is -0.326 e. The molecule has 1 heterocycles. The first kappa shape index (κ1) is 14.9. The van der Waals surface area contributed by atoms with Gasteiger partial charge < -0.3 is 16.0 Å². The fourth-order valence-electron chi connectivity index (χ4n) is 2.06. The highest BCUT2D eigenvalue weighted by atomic mass is 32.2. The zero-order valence-electron chi connectivity index (χ0n) is 11.4. The number of thioether (sulfide) groups is 1. The summed E-state index contributed by atoms with van der Waals surface area (Å²) in [6, 6.07) is 7.40. The summed E-state index contributed by atoms with van der Waals surface area (Å²) in [5, 5.41) is 8.89. The lowest BCUT2D eigenvalue weighted by molar-refractivity contribution is -0.116. The van der Waals surface area contributed by atoms with Gasteiger partial charge in [0.05, 0.1) is 0 Å². The molecule has 3 N–H and O–H groups in total. The van der Waals surface area contributed by atoms with Gasteiger partial charge in [-0.05, 0) is 18.2 Å². The van der Waals surface area contributed by atoms with Crippen LogP contribution in [0, 0.1) is 0 Å². The van der Waals surface area contributed by atoms with E-state index in [-0.39, 0.29) is 17.9 Å². The van der Waals surface area contributed by atoms with E-state index >= 15 is 0 Å². The number of hydrogen-bond donors (Lipinski definition) is 3. The maximum Gasteiger partial charge on any atom is 0.225 e. The van der Waals surface area contributed by atoms with Gasteiger partial charge in [-0.25, -0.2) is 0 Å². The standard InChI is InChI=1S/C14H19N3O2S/c1-10(18)16-11-3-2-4-12(7-11)17-14(19)8-13-9-20-6-5-15-13/h2-4,7,13,15H,5-6,8-9H2,1H3,(H,16,18)(H,17,19). The summed E-state index contributed by atoms with van der Waals surface area (Å²) in [5.41, 5.74) is 1.38. The third-order valence-electron chi connectivity index (χ3n) is 2.90. The van der Waals surface area contributed by atoms with Crippen molar-refractivity contribution in [3.63, 3.8) is 0 Å². The van der Waals surface area contributed by atoms with Gasteiger partial charge in [-0.3, -0.25) is 9.59 Å². The highest BCUT2D eigenvalue weighted by Gasteiger charge is 2.16. The molecule has 2 amide bonds. The van der Waals surface area contributed by atoms with Crippen LogP contribution in [0.5, 0.6) is 0 Å². The maximum absolute atomic E-state index is 12.0. The molecule has 1 fully saturated rings. The number of carbonyl (C=O) groups excluding carboxylic acids is 2. The molecule has 0 saturated carbocycles. The first-order chi connectivity index (χ1) is 9.63. The SMILES string of the molecule is CC(=O)Nc1cccc(NC(=O)CC2CSCCN2)c1. The largest absolute Gasteiger partial charge is 0.326 e. The Balaban J connectivity index is 1.88. The van der Waals surface area contributed by atoms with Crippen molar-refractivity contribution in [2.45, 2.75) is 19.4 Å². The first-order valence-corrected chi connectivity index (χ1v) is 7.77. The Hall–Kier alpha value is -1.53. The second-order valence-electron chi connectivity index (χ2n) is 4.74. The summed E-state index contributed by atoms with van der Waals surface area (Å²) in [5.74, 6) is 1.94. The van der Waals surface area contributed by atoms with Gasteiger partial charge in [0, 0.05) is 48.8 Å². The summed E-state index contributed by atoms with van der Waals surface area (Å²) in [6.45, 7) is 2.41. The van der Waals surface area contributed by atoms with Crippen LogP contribution in [0.2, 0.25) is 0 Å². The summed E-state index contributed by atoms with van der Waals surface area (Å²) in [4.78, 5) is 23.0. The minimum absolute atomic E-state index is 0.00928. The Morgan fingerprint density at radius 2 is 2.10 bits per heavy atom. The Labute approximate surface area is 122 Å². The molecular weight excluding hydrogens is 274 g/mol. The minimum atomic E-state index is -0.128. The van der Waals surface area contributed by atoms with Crippen LogP contribution in [0.3, 0.4) is 0 Å². The molecule has 0 radical (unpaired) electrons. The smallest absolute Gasteiger partial charge is 0.225 e. The van der Waals surface area contributed by atoms with Gasteiger partial charge in [0.15, 0.2) is 0 Å². The topological polar surface area (TPSA) is 70.2 Å². The molecule has 1 saturated heterocycles. The van der Waals surface area contributed by atoms with Crippen LogP contribution < -0.4 is 16.0 Å². The van der Waals surface area contributed by atoms with E-state index in [1.165, 1.54) is 6.92 Å². The number of carbonyl (C=O) groups is 2. The first-order valence-electron chi connectivity index (χ1n) is 6.62. The van der Waals surface area contributed by atoms with Crippen molar-refractivity contribution in [2.75, 3.05) is 28.7 Å². The molecule has 6 heteroatoms. The fraction of sp³-hybridized carbons (Fsp3) is 0.429. The Morgan fingerprint density at radius 3 is 2.75 bits per heavy atom. The lowest BCUT2D eigenvalue weighted by atomic mass is 10.2. The van der Waals surface area contributed by atoms with Crippen molar-refractivity contribution in [1.82, 2.24) is 5.32 Å². The van der Waals surface area contributed by atoms with Crippen LogP contribution in [0.15, 0.2) is 24.3 Å². The quantitative estimate of drug-likeness (QED) is 0.790. The number of benzene rings is 1. The van der Waals surface area contributed by atoms with Crippen LogP contribution >= 0.6 is 11.8 Å². The lowest BCUT2D eigenvalue weighted by Crippen LogP contribution is -2.39. The summed E-state index contributed by atoms with van der Waals surface area (Å²) in [6.07, 6.45) is 0.470. The summed E-state index contributed by atoms with van der Waals surface area (Å²) >= 11 is 1.87. The Morgan fingerprint density at radius 1 is 1.35 bits per heavy atom. The molecule has 0 aromatic heterocycles. The monoisotopic (exact) mass is 293 g/mol. The molecule has 1 aromatic carbocycles. The maximum atomic E-state index is 12.0. The van der Waals surface area contributed by atoms with Crippen molar-refractivity contribution in [3.05, 3.63) is 24.3 Å². The normalized spacial score (nSPS) is 18.4. The molecule has 5 nitrogen and oxygen atoms in total. The zero-order chi connectivity index (χ0) is 14.4. The van der Waals surface area contributed by atoms with Gasteiger partial charge in [-0.15, -0.1) is 0 Å². The highest BCUT2D eigenvalue weighted by molar-refractivity contribution is 7.99. The van der Waals surface area contributed by atoms with E-state index in [1.807, 2.05) is 17.8 Å². The van der Waals surface area contributed by atoms with E-state index in [0.717, 1.165) is 18.1 Å². The number of nitrogens with one attached hydrogen (secondary N) is 3. The molecular formula is C14H19N3O2S. The van der Waals surface area contributed by atoms with Gasteiger partial charge in [-0.2, -0.15) is 11.8 Å². The van der Waals surface area contributed by atoms with Gasteiger partial charge in [0.25, 0.3) is 0 Å². The predicted molar refractivity (Wildman–Crippen MR) is 83.1 cm³/mol. The second-order valence-corrected chi connectivity index (χ2v) is 5.89. The van der Waals surface area contributed by atoms with Gasteiger partial charge in [0.2, 0.25) is 11.8 Å². The molecule has 1 aliphatic heterocycles. The molecule has 1 aromatic rings. The van der Waals surface area contributed by atoms with Crippen LogP contribution in [0.25, 0.3) is 0 Å². The molecule has 1 aliphatic rings. The van der Waals surface area contributed by atoms with E-state index in [2.05, 4.69) is 16.0 Å². The molecule has 108 valence electrons. The number of anilines is 2. The van der Waals surface area contributed by atoms with Gasteiger partial charge in [0.1, 0.15) is 0 Å². The van der Waals surface area contributed by atoms with Crippen LogP contribution in [-0.2, 0) is 9.59 Å². The Bertz CT molecular complexity index is 487. The molecule has 2 rings (SSSR count). The van der Waals surface area contributed by atoms with Crippen LogP contribution in [0.1, 0.15) is 13.3 Å². The predicted octanol–water partition coefficient (Wildman–Crippen LogP) is 1.68. The summed E-state index contributed by atoms with van der Waals surface area (Å²) < 4.78 is 0. The second kappa shape index (κ2) is 7.31. The van der Waals surface area contributed by atoms with E-state index in [0.29, 0.717) is 17.8 Å². The molecule has 1 unspecified atom stereocenters.